The molecular weight excluding hydrogens is 122 g/mol. The van der Waals surface area contributed by atoms with Gasteiger partial charge in [-0.05, 0) is 18.3 Å². The lowest BCUT2D eigenvalue weighted by molar-refractivity contribution is 0.287. The van der Waals surface area contributed by atoms with Crippen LogP contribution in [0.5, 0.6) is 0 Å². The van der Waals surface area contributed by atoms with E-state index in [1.807, 2.05) is 0 Å². The highest BCUT2D eigenvalue weighted by Gasteiger charge is 2.14. The molecule has 2 nitrogen and oxygen atoms in total. The molecule has 1 atom stereocenters. The van der Waals surface area contributed by atoms with Crippen molar-refractivity contribution in [3.8, 4) is 0 Å². The van der Waals surface area contributed by atoms with E-state index in [2.05, 4.69) is 24.1 Å². The van der Waals surface area contributed by atoms with Crippen molar-refractivity contribution in [2.75, 3.05) is 6.54 Å². The molecule has 1 aliphatic heterocycles. The van der Waals surface area contributed by atoms with Gasteiger partial charge in [-0.1, -0.05) is 6.58 Å². The normalized spacial score (nSPS) is 26.5. The first-order valence-electron chi connectivity index (χ1n) is 2.40. The summed E-state index contributed by atoms with van der Waals surface area (Å²) < 4.78 is 5.01. The van der Waals surface area contributed by atoms with E-state index < -0.39 is 0 Å². The molecule has 1 saturated heterocycles. The average Bonchev–Trinajstić information content (AvgIpc) is 2.14. The second kappa shape index (κ2) is 2.13. The molecule has 0 aromatic carbocycles. The minimum Gasteiger partial charge on any atom is -0.462 e. The van der Waals surface area contributed by atoms with Crippen LogP contribution in [0.2, 0.25) is 0 Å². The quantitative estimate of drug-likeness (QED) is 0.410. The smallest absolute Gasteiger partial charge is 0.257 e. The zero-order valence-corrected chi connectivity index (χ0v) is 5.20. The zero-order chi connectivity index (χ0) is 5.98. The van der Waals surface area contributed by atoms with Gasteiger partial charge in [-0.3, -0.25) is 0 Å². The minimum atomic E-state index is 0.0856. The van der Waals surface area contributed by atoms with Gasteiger partial charge in [-0.2, -0.15) is 0 Å². The van der Waals surface area contributed by atoms with Crippen LogP contribution in [0, 0.1) is 0 Å². The number of nitrogens with one attached hydrogen (secondary N) is 1. The number of rotatable bonds is 1. The van der Waals surface area contributed by atoms with Gasteiger partial charge in [0.25, 0.3) is 5.17 Å². The maximum atomic E-state index is 5.01. The standard InChI is InChI=1S/C5H7NOS/c1-2-4-3-6-5(8)7-4/h2,4H,1,3H2,(H,6,8). The predicted octanol–water partition coefficient (Wildman–Crippen LogP) is 0.446. The molecule has 1 rings (SSSR count). The molecule has 0 amide bonds. The minimum absolute atomic E-state index is 0.0856. The summed E-state index contributed by atoms with van der Waals surface area (Å²) in [6.07, 6.45) is 1.81. The number of hydrogen-bond acceptors (Lipinski definition) is 2. The largest absolute Gasteiger partial charge is 0.462 e. The molecular formula is C5H7NOS. The van der Waals surface area contributed by atoms with E-state index in [1.54, 1.807) is 6.08 Å². The molecule has 0 bridgehead atoms. The van der Waals surface area contributed by atoms with Crippen molar-refractivity contribution in [1.29, 1.82) is 0 Å². The first-order valence-corrected chi connectivity index (χ1v) is 2.81. The van der Waals surface area contributed by atoms with Crippen molar-refractivity contribution in [3.05, 3.63) is 12.7 Å². The Morgan fingerprint density at radius 2 is 2.75 bits per heavy atom. The maximum Gasteiger partial charge on any atom is 0.257 e. The fourth-order valence-electron chi connectivity index (χ4n) is 0.536. The fourth-order valence-corrected chi connectivity index (χ4v) is 0.743. The predicted molar refractivity (Wildman–Crippen MR) is 35.7 cm³/mol. The Labute approximate surface area is 53.5 Å². The van der Waals surface area contributed by atoms with E-state index in [9.17, 15) is 0 Å². The summed E-state index contributed by atoms with van der Waals surface area (Å²) in [6, 6.07) is 0. The van der Waals surface area contributed by atoms with Gasteiger partial charge in [-0.25, -0.2) is 0 Å². The van der Waals surface area contributed by atoms with Crippen LogP contribution < -0.4 is 5.32 Å². The summed E-state index contributed by atoms with van der Waals surface area (Å²) in [4.78, 5) is 0. The van der Waals surface area contributed by atoms with Crippen LogP contribution in [0.1, 0.15) is 0 Å². The van der Waals surface area contributed by atoms with E-state index in [1.165, 1.54) is 0 Å². The third kappa shape index (κ3) is 0.980. The number of thiocarbonyl (C=S) groups is 1. The topological polar surface area (TPSA) is 21.3 Å². The monoisotopic (exact) mass is 129 g/mol. The molecule has 1 unspecified atom stereocenters. The van der Waals surface area contributed by atoms with Gasteiger partial charge >= 0.3 is 0 Å². The first kappa shape index (κ1) is 5.56. The Balaban J connectivity index is 2.43. The molecule has 0 radical (unpaired) electrons. The number of ether oxygens (including phenoxy) is 1. The molecule has 0 spiro atoms. The van der Waals surface area contributed by atoms with E-state index in [0.29, 0.717) is 5.17 Å². The van der Waals surface area contributed by atoms with E-state index in [0.717, 1.165) is 6.54 Å². The highest BCUT2D eigenvalue weighted by Crippen LogP contribution is 1.99. The van der Waals surface area contributed by atoms with Gasteiger partial charge in [0.15, 0.2) is 0 Å². The Morgan fingerprint density at radius 3 is 3.00 bits per heavy atom. The molecule has 0 saturated carbocycles. The molecule has 0 aromatic rings. The Bertz CT molecular complexity index is 124. The third-order valence-electron chi connectivity index (χ3n) is 0.969. The first-order chi connectivity index (χ1) is 3.83. The highest BCUT2D eigenvalue weighted by atomic mass is 32.1. The molecule has 1 N–H and O–H groups in total. The Morgan fingerprint density at radius 1 is 2.00 bits per heavy atom. The lowest BCUT2D eigenvalue weighted by Gasteiger charge is -1.97. The molecule has 1 fully saturated rings. The maximum absolute atomic E-state index is 5.01. The summed E-state index contributed by atoms with van der Waals surface area (Å²) in [6.45, 7) is 4.32. The van der Waals surface area contributed by atoms with Gasteiger partial charge < -0.3 is 10.1 Å². The van der Waals surface area contributed by atoms with Crippen LogP contribution in [0.4, 0.5) is 0 Å². The van der Waals surface area contributed by atoms with Crippen LogP contribution in [0.3, 0.4) is 0 Å². The van der Waals surface area contributed by atoms with Gasteiger partial charge in [-0.15, -0.1) is 0 Å². The SMILES string of the molecule is C=CC1CNC(=S)O1. The van der Waals surface area contributed by atoms with Gasteiger partial charge in [0.1, 0.15) is 6.10 Å². The molecule has 0 aromatic heterocycles. The zero-order valence-electron chi connectivity index (χ0n) is 4.39. The summed E-state index contributed by atoms with van der Waals surface area (Å²) in [5.41, 5.74) is 0. The van der Waals surface area contributed by atoms with Gasteiger partial charge in [0.2, 0.25) is 0 Å². The molecule has 1 aliphatic rings. The molecule has 1 heterocycles. The second-order valence-electron chi connectivity index (χ2n) is 1.56. The van der Waals surface area contributed by atoms with Crippen molar-refractivity contribution in [3.63, 3.8) is 0 Å². The van der Waals surface area contributed by atoms with Crippen molar-refractivity contribution >= 4 is 17.4 Å². The lowest BCUT2D eigenvalue weighted by atomic mass is 10.4. The van der Waals surface area contributed by atoms with Crippen molar-refractivity contribution < 1.29 is 4.74 Å². The van der Waals surface area contributed by atoms with Gasteiger partial charge in [0, 0.05) is 0 Å². The van der Waals surface area contributed by atoms with Crippen LogP contribution in [-0.4, -0.2) is 17.8 Å². The Kier molecular flexibility index (Phi) is 1.48. The fraction of sp³-hybridized carbons (Fsp3) is 0.400. The molecule has 0 aliphatic carbocycles. The summed E-state index contributed by atoms with van der Waals surface area (Å²) in [5, 5.41) is 3.34. The number of hydrogen-bond donors (Lipinski definition) is 1. The summed E-state index contributed by atoms with van der Waals surface area (Å²) in [5.74, 6) is 0. The summed E-state index contributed by atoms with van der Waals surface area (Å²) in [7, 11) is 0. The van der Waals surface area contributed by atoms with E-state index in [4.69, 9.17) is 4.74 Å². The molecule has 8 heavy (non-hydrogen) atoms. The van der Waals surface area contributed by atoms with Crippen LogP contribution in [-0.2, 0) is 4.74 Å². The van der Waals surface area contributed by atoms with Gasteiger partial charge in [0.05, 0.1) is 6.54 Å². The highest BCUT2D eigenvalue weighted by molar-refractivity contribution is 7.80. The van der Waals surface area contributed by atoms with E-state index >= 15 is 0 Å². The second-order valence-corrected chi connectivity index (χ2v) is 1.93. The van der Waals surface area contributed by atoms with Crippen molar-refractivity contribution in [1.82, 2.24) is 5.32 Å². The lowest BCUT2D eigenvalue weighted by Crippen LogP contribution is -2.13. The van der Waals surface area contributed by atoms with Crippen LogP contribution >= 0.6 is 12.2 Å². The molecule has 3 heteroatoms. The van der Waals surface area contributed by atoms with E-state index in [-0.39, 0.29) is 6.10 Å². The Hall–Kier alpha value is -0.570. The van der Waals surface area contributed by atoms with Crippen molar-refractivity contribution in [2.24, 2.45) is 0 Å². The summed E-state index contributed by atoms with van der Waals surface area (Å²) >= 11 is 4.68. The third-order valence-corrected chi connectivity index (χ3v) is 1.21. The average molecular weight is 129 g/mol. The molecule has 44 valence electrons. The van der Waals surface area contributed by atoms with Crippen LogP contribution in [0.25, 0.3) is 0 Å². The van der Waals surface area contributed by atoms with Crippen LogP contribution in [0.15, 0.2) is 12.7 Å². The van der Waals surface area contributed by atoms with Crippen molar-refractivity contribution in [2.45, 2.75) is 6.10 Å².